The van der Waals surface area contributed by atoms with E-state index in [2.05, 4.69) is 3.58 Å². The van der Waals surface area contributed by atoms with Gasteiger partial charge in [-0.15, -0.1) is 0 Å². The second-order valence-corrected chi connectivity index (χ2v) is 3.11. The topological polar surface area (TPSA) is 66.8 Å². The van der Waals surface area contributed by atoms with Crippen molar-refractivity contribution in [2.24, 2.45) is 0 Å². The number of hydrogen-bond acceptors (Lipinski definition) is 2. The predicted octanol–water partition coefficient (Wildman–Crippen LogP) is -1.36. The summed E-state index contributed by atoms with van der Waals surface area (Å²) in [6, 6.07) is 0. The van der Waals surface area contributed by atoms with Crippen molar-refractivity contribution in [2.75, 3.05) is 0 Å². The minimum atomic E-state index is -4.08. The second-order valence-electron chi connectivity index (χ2n) is 0.673. The van der Waals surface area contributed by atoms with Gasteiger partial charge in [0.2, 0.25) is 0 Å². The second kappa shape index (κ2) is 4.41. The van der Waals surface area contributed by atoms with Gasteiger partial charge in [-0.2, -0.15) is 0 Å². The maximum Gasteiger partial charge on any atom is 0.441 e. The van der Waals surface area contributed by atoms with E-state index in [0.29, 0.717) is 0 Å². The number of hydrogen-bond donors (Lipinski definition) is 2. The van der Waals surface area contributed by atoms with Gasteiger partial charge in [0.15, 0.2) is 0 Å². The SMILES string of the molecule is O=P(O)(O)[O][AlH2].[Zr]. The molecule has 7 heavy (non-hydrogen) atoms. The largest absolute Gasteiger partial charge is 0.441 e. The van der Waals surface area contributed by atoms with Crippen LogP contribution in [0.2, 0.25) is 0 Å². The molecule has 4 nitrogen and oxygen atoms in total. The Labute approximate surface area is 68.4 Å². The van der Waals surface area contributed by atoms with Gasteiger partial charge in [0, 0.05) is 26.2 Å². The smallest absolute Gasteiger partial charge is 0.423 e. The Kier molecular flexibility index (Phi) is 7.14. The summed E-state index contributed by atoms with van der Waals surface area (Å²) >= 11 is 0.0849. The molecule has 0 atom stereocenters. The minimum absolute atomic E-state index is 0. The summed E-state index contributed by atoms with van der Waals surface area (Å²) in [5, 5.41) is 0. The first-order valence-corrected chi connectivity index (χ1v) is 3.52. The number of rotatable bonds is 1. The van der Waals surface area contributed by atoms with Crippen LogP contribution in [0.1, 0.15) is 0 Å². The molecule has 0 amide bonds. The normalized spacial score (nSPS) is 10.0. The summed E-state index contributed by atoms with van der Waals surface area (Å²) in [5.74, 6) is 0. The van der Waals surface area contributed by atoms with Crippen LogP contribution in [0.3, 0.4) is 0 Å². The molecule has 7 heteroatoms. The average Bonchev–Trinajstić information content (AvgIpc) is 1.35. The van der Waals surface area contributed by atoms with Crippen molar-refractivity contribution >= 4 is 24.4 Å². The summed E-state index contributed by atoms with van der Waals surface area (Å²) in [4.78, 5) is 15.5. The first-order chi connectivity index (χ1) is 2.56. The van der Waals surface area contributed by atoms with E-state index in [4.69, 9.17) is 9.79 Å². The fourth-order valence-corrected chi connectivity index (χ4v) is 0. The maximum absolute atomic E-state index is 9.51. The summed E-state index contributed by atoms with van der Waals surface area (Å²) in [7, 11) is -4.08. The molecule has 0 aliphatic rings. The zero-order chi connectivity index (χ0) is 5.21. The summed E-state index contributed by atoms with van der Waals surface area (Å²) in [6.07, 6.45) is 0. The van der Waals surface area contributed by atoms with E-state index in [9.17, 15) is 4.57 Å². The third-order valence-corrected chi connectivity index (χ3v) is 2.14. The zero-order valence-corrected chi connectivity index (χ0v) is 9.01. The molecule has 0 saturated heterocycles. The zero-order valence-electron chi connectivity index (χ0n) is 3.66. The molecule has 0 radical (unpaired) electrons. The molecule has 0 aromatic rings. The first kappa shape index (κ1) is 11.3. The van der Waals surface area contributed by atoms with Gasteiger partial charge < -0.3 is 13.4 Å². The Hall–Kier alpha value is 1.53. The molecule has 0 aromatic heterocycles. The van der Waals surface area contributed by atoms with Gasteiger partial charge >= 0.3 is 24.4 Å². The van der Waals surface area contributed by atoms with Crippen molar-refractivity contribution in [1.29, 1.82) is 0 Å². The molecule has 0 rings (SSSR count). The number of phosphoric acid groups is 1. The molecule has 0 fully saturated rings. The van der Waals surface area contributed by atoms with Crippen molar-refractivity contribution in [3.8, 4) is 0 Å². The molecule has 0 spiro atoms. The molecule has 0 saturated carbocycles. The molecule has 0 aliphatic carbocycles. The Balaban J connectivity index is 0. The van der Waals surface area contributed by atoms with Crippen molar-refractivity contribution in [3.05, 3.63) is 0 Å². The summed E-state index contributed by atoms with van der Waals surface area (Å²) in [5.41, 5.74) is 0. The van der Waals surface area contributed by atoms with Gasteiger partial charge in [0.25, 0.3) is 0 Å². The van der Waals surface area contributed by atoms with Crippen LogP contribution < -0.4 is 0 Å². The average molecular weight is 217 g/mol. The van der Waals surface area contributed by atoms with Crippen molar-refractivity contribution < 1.29 is 44.1 Å². The molecule has 0 aromatic carbocycles. The first-order valence-electron chi connectivity index (χ1n) is 1.17. The van der Waals surface area contributed by atoms with Crippen LogP contribution in [0, 0.1) is 0 Å². The Morgan fingerprint density at radius 1 is 1.57 bits per heavy atom. The van der Waals surface area contributed by atoms with Crippen LogP contribution in [-0.4, -0.2) is 26.4 Å². The fourth-order valence-electron chi connectivity index (χ4n) is 0. The van der Waals surface area contributed by atoms with E-state index >= 15 is 0 Å². The van der Waals surface area contributed by atoms with Gasteiger partial charge in [-0.05, 0) is 0 Å². The van der Waals surface area contributed by atoms with Crippen LogP contribution in [0.5, 0.6) is 0 Å². The van der Waals surface area contributed by atoms with Crippen LogP contribution in [0.4, 0.5) is 0 Å². The van der Waals surface area contributed by atoms with Gasteiger partial charge in [-0.1, -0.05) is 0 Å². The molecule has 2 N–H and O–H groups in total. The van der Waals surface area contributed by atoms with Crippen LogP contribution in [-0.2, 0) is 34.3 Å². The quantitative estimate of drug-likeness (QED) is 0.420. The van der Waals surface area contributed by atoms with Gasteiger partial charge in [0.1, 0.15) is 0 Å². The van der Waals surface area contributed by atoms with Gasteiger partial charge in [-0.25, -0.2) is 4.57 Å². The van der Waals surface area contributed by atoms with Crippen molar-refractivity contribution in [3.63, 3.8) is 0 Å². The molecule has 0 aliphatic heterocycles. The Bertz CT molecular complexity index is 75.8. The van der Waals surface area contributed by atoms with E-state index < -0.39 is 7.82 Å². The summed E-state index contributed by atoms with van der Waals surface area (Å²) < 4.78 is 13.2. The fraction of sp³-hybridized carbons (Fsp3) is 0. The molecule has 0 heterocycles. The standard InChI is InChI=1S/Al.H3O4P.Zr.2H/c;1-5(2,3)4;;;/h;(H3,1,2,3,4);;;/q+1;;;;/p-1. The van der Waals surface area contributed by atoms with Crippen molar-refractivity contribution in [1.82, 2.24) is 0 Å². The van der Waals surface area contributed by atoms with E-state index in [0.717, 1.165) is 0 Å². The monoisotopic (exact) mass is 216 g/mol. The predicted molar refractivity (Wildman–Crippen MR) is 21.7 cm³/mol. The van der Waals surface area contributed by atoms with Crippen LogP contribution in [0.25, 0.3) is 0 Å². The summed E-state index contributed by atoms with van der Waals surface area (Å²) in [6.45, 7) is 0. The van der Waals surface area contributed by atoms with Crippen molar-refractivity contribution in [2.45, 2.75) is 0 Å². The van der Waals surface area contributed by atoms with Crippen LogP contribution >= 0.6 is 7.82 Å². The van der Waals surface area contributed by atoms with Crippen LogP contribution in [0.15, 0.2) is 0 Å². The molecule has 0 unspecified atom stereocenters. The molecular formula is H4AlO4PZr. The Morgan fingerprint density at radius 2 is 1.71 bits per heavy atom. The maximum atomic E-state index is 9.51. The van der Waals surface area contributed by atoms with E-state index in [1.165, 1.54) is 0 Å². The van der Waals surface area contributed by atoms with Gasteiger partial charge in [0.05, 0.1) is 0 Å². The molecule has 0 bridgehead atoms. The van der Waals surface area contributed by atoms with E-state index in [1.54, 1.807) is 0 Å². The third-order valence-electron chi connectivity index (χ3n) is 0.238. The Morgan fingerprint density at radius 3 is 1.71 bits per heavy atom. The van der Waals surface area contributed by atoms with E-state index in [1.807, 2.05) is 0 Å². The third kappa shape index (κ3) is 11.2. The van der Waals surface area contributed by atoms with Gasteiger partial charge in [-0.3, -0.25) is 0 Å². The minimum Gasteiger partial charge on any atom is -0.423 e. The van der Waals surface area contributed by atoms with E-state index in [-0.39, 0.29) is 42.8 Å². The molecule has 40 valence electrons. The molecular weight excluding hydrogens is 213 g/mol.